The van der Waals surface area contributed by atoms with E-state index in [9.17, 15) is 4.79 Å². The molecule has 5 nitrogen and oxygen atoms in total. The van der Waals surface area contributed by atoms with Crippen molar-refractivity contribution in [1.29, 1.82) is 0 Å². The summed E-state index contributed by atoms with van der Waals surface area (Å²) in [4.78, 5) is 11.7. The third kappa shape index (κ3) is 4.89. The van der Waals surface area contributed by atoms with E-state index >= 15 is 0 Å². The average molecular weight is 362 g/mol. The first-order valence-electron chi connectivity index (χ1n) is 6.62. The van der Waals surface area contributed by atoms with Crippen LogP contribution in [0.5, 0.6) is 5.75 Å². The molecule has 0 fully saturated rings. The van der Waals surface area contributed by atoms with Gasteiger partial charge in [-0.2, -0.15) is 5.10 Å². The lowest BCUT2D eigenvalue weighted by Gasteiger charge is -2.06. The number of anilines is 1. The normalized spacial score (nSPS) is 11.1. The average Bonchev–Trinajstić information content (AvgIpc) is 2.50. The standard InChI is InChI=1S/C16H16BrN3O2/c1-11(12-4-2-6-14(18)8-12)19-20-16(21)10-22-15-7-3-5-13(17)9-15/h2-9H,10,18H2,1H3,(H,20,21). The van der Waals surface area contributed by atoms with Gasteiger partial charge in [-0.05, 0) is 42.8 Å². The van der Waals surface area contributed by atoms with Crippen LogP contribution in [0, 0.1) is 0 Å². The van der Waals surface area contributed by atoms with Crippen LogP contribution in [0.2, 0.25) is 0 Å². The second-order valence-electron chi connectivity index (χ2n) is 4.60. The lowest BCUT2D eigenvalue weighted by atomic mass is 10.1. The summed E-state index contributed by atoms with van der Waals surface area (Å²) >= 11 is 3.34. The highest BCUT2D eigenvalue weighted by molar-refractivity contribution is 9.10. The number of hydrogen-bond donors (Lipinski definition) is 2. The van der Waals surface area contributed by atoms with Crippen molar-refractivity contribution in [2.75, 3.05) is 12.3 Å². The van der Waals surface area contributed by atoms with Crippen molar-refractivity contribution >= 4 is 33.2 Å². The zero-order chi connectivity index (χ0) is 15.9. The van der Waals surface area contributed by atoms with Crippen molar-refractivity contribution in [1.82, 2.24) is 5.43 Å². The smallest absolute Gasteiger partial charge is 0.277 e. The van der Waals surface area contributed by atoms with Gasteiger partial charge in [0.05, 0.1) is 5.71 Å². The summed E-state index contributed by atoms with van der Waals surface area (Å²) in [6.45, 7) is 1.69. The number of benzene rings is 2. The van der Waals surface area contributed by atoms with Crippen molar-refractivity contribution in [3.8, 4) is 5.75 Å². The molecular weight excluding hydrogens is 346 g/mol. The molecule has 0 spiro atoms. The van der Waals surface area contributed by atoms with E-state index in [1.165, 1.54) is 0 Å². The van der Waals surface area contributed by atoms with E-state index < -0.39 is 0 Å². The quantitative estimate of drug-likeness (QED) is 0.488. The van der Waals surface area contributed by atoms with Crippen LogP contribution in [-0.2, 0) is 4.79 Å². The number of carbonyl (C=O) groups excluding carboxylic acids is 1. The summed E-state index contributed by atoms with van der Waals surface area (Å²) in [7, 11) is 0. The van der Waals surface area contributed by atoms with Crippen molar-refractivity contribution in [3.63, 3.8) is 0 Å². The zero-order valence-corrected chi connectivity index (χ0v) is 13.6. The first-order valence-corrected chi connectivity index (χ1v) is 7.41. The maximum atomic E-state index is 11.7. The molecule has 0 aromatic heterocycles. The Bertz CT molecular complexity index is 701. The summed E-state index contributed by atoms with van der Waals surface area (Å²) in [5.74, 6) is 0.282. The van der Waals surface area contributed by atoms with E-state index in [0.717, 1.165) is 10.0 Å². The minimum atomic E-state index is -0.330. The van der Waals surface area contributed by atoms with E-state index in [-0.39, 0.29) is 12.5 Å². The van der Waals surface area contributed by atoms with Crippen molar-refractivity contribution < 1.29 is 9.53 Å². The Hall–Kier alpha value is -2.34. The lowest BCUT2D eigenvalue weighted by Crippen LogP contribution is -2.25. The molecule has 0 aliphatic rings. The fourth-order valence-electron chi connectivity index (χ4n) is 1.71. The second-order valence-corrected chi connectivity index (χ2v) is 5.52. The number of ether oxygens (including phenoxy) is 1. The highest BCUT2D eigenvalue weighted by atomic mass is 79.9. The van der Waals surface area contributed by atoms with Crippen molar-refractivity contribution in [2.24, 2.45) is 5.10 Å². The topological polar surface area (TPSA) is 76.7 Å². The number of nitrogen functional groups attached to an aromatic ring is 1. The summed E-state index contributed by atoms with van der Waals surface area (Å²) in [5.41, 5.74) is 10.3. The fraction of sp³-hybridized carbons (Fsp3) is 0.125. The minimum absolute atomic E-state index is 0.107. The molecule has 22 heavy (non-hydrogen) atoms. The molecule has 0 bridgehead atoms. The molecule has 0 aliphatic carbocycles. The largest absolute Gasteiger partial charge is 0.484 e. The summed E-state index contributed by atoms with van der Waals surface area (Å²) in [6.07, 6.45) is 0. The van der Waals surface area contributed by atoms with Gasteiger partial charge in [0.2, 0.25) is 0 Å². The maximum absolute atomic E-state index is 11.7. The van der Waals surface area contributed by atoms with Gasteiger partial charge in [-0.25, -0.2) is 5.43 Å². The number of carbonyl (C=O) groups is 1. The molecule has 0 atom stereocenters. The third-order valence-electron chi connectivity index (χ3n) is 2.82. The number of rotatable bonds is 5. The number of nitrogens with one attached hydrogen (secondary N) is 1. The first-order chi connectivity index (χ1) is 10.5. The Morgan fingerprint density at radius 3 is 2.77 bits per heavy atom. The Kier molecular flexibility index (Phi) is 5.55. The van der Waals surface area contributed by atoms with Gasteiger partial charge in [0.1, 0.15) is 5.75 Å². The van der Waals surface area contributed by atoms with Crippen LogP contribution in [0.3, 0.4) is 0 Å². The Morgan fingerprint density at radius 1 is 1.27 bits per heavy atom. The molecule has 0 heterocycles. The number of hydrogen-bond acceptors (Lipinski definition) is 4. The van der Waals surface area contributed by atoms with Crippen molar-refractivity contribution in [3.05, 3.63) is 58.6 Å². The van der Waals surface area contributed by atoms with Crippen molar-refractivity contribution in [2.45, 2.75) is 6.92 Å². The van der Waals surface area contributed by atoms with E-state index in [4.69, 9.17) is 10.5 Å². The molecule has 3 N–H and O–H groups in total. The predicted octanol–water partition coefficient (Wildman–Crippen LogP) is 2.95. The van der Waals surface area contributed by atoms with Gasteiger partial charge < -0.3 is 10.5 Å². The molecule has 0 radical (unpaired) electrons. The van der Waals surface area contributed by atoms with Crippen LogP contribution in [0.15, 0.2) is 58.1 Å². The van der Waals surface area contributed by atoms with Gasteiger partial charge >= 0.3 is 0 Å². The molecule has 2 aromatic rings. The number of hydrazone groups is 1. The SMILES string of the molecule is CC(=NNC(=O)COc1cccc(Br)c1)c1cccc(N)c1. The molecule has 2 rings (SSSR count). The monoisotopic (exact) mass is 361 g/mol. The van der Waals surface area contributed by atoms with Gasteiger partial charge in [0.15, 0.2) is 6.61 Å². The van der Waals surface area contributed by atoms with E-state index in [1.54, 1.807) is 31.2 Å². The first kappa shape index (κ1) is 16.0. The molecule has 0 unspecified atom stereocenters. The Morgan fingerprint density at radius 2 is 2.05 bits per heavy atom. The zero-order valence-electron chi connectivity index (χ0n) is 12.0. The van der Waals surface area contributed by atoms with Crippen LogP contribution in [-0.4, -0.2) is 18.2 Å². The van der Waals surface area contributed by atoms with Gasteiger partial charge in [-0.15, -0.1) is 0 Å². The number of halogens is 1. The van der Waals surface area contributed by atoms with Gasteiger partial charge in [0, 0.05) is 10.2 Å². The molecular formula is C16H16BrN3O2. The summed E-state index contributed by atoms with van der Waals surface area (Å²) in [5, 5.41) is 4.04. The van der Waals surface area contributed by atoms with Gasteiger partial charge in [-0.3, -0.25) is 4.79 Å². The highest BCUT2D eigenvalue weighted by Crippen LogP contribution is 2.17. The van der Waals surface area contributed by atoms with Crippen LogP contribution in [0.4, 0.5) is 5.69 Å². The fourth-order valence-corrected chi connectivity index (χ4v) is 2.09. The summed E-state index contributed by atoms with van der Waals surface area (Å²) < 4.78 is 6.26. The van der Waals surface area contributed by atoms with Crippen LogP contribution in [0.1, 0.15) is 12.5 Å². The van der Waals surface area contributed by atoms with E-state index in [1.807, 2.05) is 24.3 Å². The minimum Gasteiger partial charge on any atom is -0.484 e. The molecule has 0 saturated carbocycles. The molecule has 6 heteroatoms. The number of amides is 1. The molecule has 0 saturated heterocycles. The highest BCUT2D eigenvalue weighted by Gasteiger charge is 2.03. The second kappa shape index (κ2) is 7.61. The third-order valence-corrected chi connectivity index (χ3v) is 3.31. The van der Waals surface area contributed by atoms with E-state index in [0.29, 0.717) is 17.1 Å². The van der Waals surface area contributed by atoms with Gasteiger partial charge in [0.25, 0.3) is 5.91 Å². The number of nitrogens with zero attached hydrogens (tertiary/aromatic N) is 1. The lowest BCUT2D eigenvalue weighted by molar-refractivity contribution is -0.123. The molecule has 1 amide bonds. The van der Waals surface area contributed by atoms with Gasteiger partial charge in [-0.1, -0.05) is 34.1 Å². The molecule has 114 valence electrons. The molecule has 0 aliphatic heterocycles. The van der Waals surface area contributed by atoms with E-state index in [2.05, 4.69) is 26.5 Å². The maximum Gasteiger partial charge on any atom is 0.277 e. The van der Waals surface area contributed by atoms with Crippen LogP contribution in [0.25, 0.3) is 0 Å². The van der Waals surface area contributed by atoms with Crippen LogP contribution < -0.4 is 15.9 Å². The number of nitrogens with two attached hydrogens (primary N) is 1. The molecule has 2 aromatic carbocycles. The summed E-state index contributed by atoms with van der Waals surface area (Å²) in [6, 6.07) is 14.6. The Labute approximate surface area is 137 Å². The van der Waals surface area contributed by atoms with Crippen LogP contribution >= 0.6 is 15.9 Å². The predicted molar refractivity (Wildman–Crippen MR) is 90.8 cm³/mol. The Balaban J connectivity index is 1.88.